The second-order valence-corrected chi connectivity index (χ2v) is 14.2. The van der Waals surface area contributed by atoms with E-state index in [1.807, 2.05) is 0 Å². The molecule has 17 heteroatoms. The Morgan fingerprint density at radius 2 is 1.76 bits per heavy atom. The Labute approximate surface area is 238 Å². The average Bonchev–Trinajstić information content (AvgIpc) is 3.45. The molecular weight excluding hydrogens is 598 g/mol. The highest BCUT2D eigenvalue weighted by molar-refractivity contribution is 7.94. The zero-order valence-corrected chi connectivity index (χ0v) is 24.2. The summed E-state index contributed by atoms with van der Waals surface area (Å²) in [5, 5.41) is 4.95. The minimum absolute atomic E-state index is 0.252. The quantitative estimate of drug-likeness (QED) is 0.349. The van der Waals surface area contributed by atoms with E-state index in [1.54, 1.807) is 5.32 Å². The Hall–Kier alpha value is -2.85. The maximum Gasteiger partial charge on any atom is 0.471 e. The molecule has 10 nitrogen and oxygen atoms in total. The van der Waals surface area contributed by atoms with Gasteiger partial charge in [0.2, 0.25) is 38.6 Å². The van der Waals surface area contributed by atoms with E-state index >= 15 is 0 Å². The largest absolute Gasteiger partial charge is 0.471 e. The van der Waals surface area contributed by atoms with Crippen LogP contribution in [-0.4, -0.2) is 86.5 Å². The number of fused-ring (bicyclic) bond motifs is 1. The third-order valence-corrected chi connectivity index (χ3v) is 8.63. The van der Waals surface area contributed by atoms with Gasteiger partial charge in [-0.05, 0) is 36.2 Å². The van der Waals surface area contributed by atoms with Crippen LogP contribution in [-0.2, 0) is 29.0 Å². The van der Waals surface area contributed by atoms with Crippen LogP contribution in [0.25, 0.3) is 0 Å². The Morgan fingerprint density at radius 1 is 1.14 bits per heavy atom. The summed E-state index contributed by atoms with van der Waals surface area (Å²) < 4.78 is 106. The predicted octanol–water partition coefficient (Wildman–Crippen LogP) is 1.82. The van der Waals surface area contributed by atoms with Crippen LogP contribution in [0.15, 0.2) is 11.2 Å². The molecule has 2 aliphatic heterocycles. The molecule has 238 valence electrons. The van der Waals surface area contributed by atoms with E-state index in [1.165, 1.54) is 20.8 Å². The van der Waals surface area contributed by atoms with Crippen LogP contribution in [0.4, 0.5) is 26.3 Å². The van der Waals surface area contributed by atoms with Crippen molar-refractivity contribution in [1.29, 1.82) is 0 Å². The van der Waals surface area contributed by atoms with Crippen molar-refractivity contribution in [2.75, 3.05) is 19.3 Å². The molecule has 1 saturated carbocycles. The summed E-state index contributed by atoms with van der Waals surface area (Å²) in [6.07, 6.45) is -5.67. The van der Waals surface area contributed by atoms with E-state index in [-0.39, 0.29) is 19.4 Å². The van der Waals surface area contributed by atoms with Crippen molar-refractivity contribution in [2.24, 2.45) is 23.2 Å². The summed E-state index contributed by atoms with van der Waals surface area (Å²) in [5.74, 6) is -11.0. The fourth-order valence-corrected chi connectivity index (χ4v) is 6.19. The SMILES string of the molecule is CC(C)(C)[C@@H](NC(=O)C(F)(F)F)C(=O)N1C[C@@H]2CC(F)(F)C[C@@H]2[C@H]1C(=O)N[C@H](/C=C(\F)S(C)(=O)=O)C[C@H]1CCNC1=O. The van der Waals surface area contributed by atoms with E-state index in [0.717, 1.165) is 4.90 Å². The van der Waals surface area contributed by atoms with E-state index in [2.05, 4.69) is 10.6 Å². The van der Waals surface area contributed by atoms with E-state index in [0.29, 0.717) is 12.3 Å². The third-order valence-electron chi connectivity index (χ3n) is 7.79. The molecule has 0 unspecified atom stereocenters. The monoisotopic (exact) mass is 632 g/mol. The summed E-state index contributed by atoms with van der Waals surface area (Å²) in [4.78, 5) is 52.0. The van der Waals surface area contributed by atoms with Gasteiger partial charge in [-0.1, -0.05) is 20.8 Å². The lowest BCUT2D eigenvalue weighted by Gasteiger charge is -2.37. The Bertz CT molecular complexity index is 1250. The van der Waals surface area contributed by atoms with E-state index in [4.69, 9.17) is 0 Å². The number of carbonyl (C=O) groups is 4. The molecule has 3 rings (SSSR count). The van der Waals surface area contributed by atoms with Crippen molar-refractivity contribution >= 4 is 33.5 Å². The van der Waals surface area contributed by atoms with Crippen molar-refractivity contribution in [2.45, 2.75) is 76.7 Å². The summed E-state index contributed by atoms with van der Waals surface area (Å²) in [6.45, 7) is 3.97. The molecule has 1 aliphatic carbocycles. The summed E-state index contributed by atoms with van der Waals surface area (Å²) in [7, 11) is -4.36. The van der Waals surface area contributed by atoms with E-state index in [9.17, 15) is 53.9 Å². The highest BCUT2D eigenvalue weighted by atomic mass is 32.2. The van der Waals surface area contributed by atoms with Crippen LogP contribution < -0.4 is 16.0 Å². The van der Waals surface area contributed by atoms with Gasteiger partial charge < -0.3 is 20.9 Å². The number of likely N-dealkylation sites (tertiary alicyclic amines) is 1. The van der Waals surface area contributed by atoms with Crippen LogP contribution in [0.1, 0.15) is 46.5 Å². The minimum atomic E-state index is -5.33. The standard InChI is InChI=1S/C25H34F6N4O6S/c1-23(2,3)18(34-22(39)25(29,30)31)21(38)35-11-13-9-24(27,28)10-15(13)17(35)20(37)33-14(8-16(26)42(4,40)41)7-12-5-6-32-19(12)36/h8,12-15,17-18H,5-7,9-11H2,1-4H3,(H,32,36)(H,33,37)(H,34,39)/b16-8+/t12-,13+,14+,15+,17+,18+/m1/s1. The highest BCUT2D eigenvalue weighted by Crippen LogP contribution is 2.50. The molecule has 0 aromatic heterocycles. The van der Waals surface area contributed by atoms with Gasteiger partial charge in [0.15, 0.2) is 0 Å². The smallest absolute Gasteiger partial charge is 0.356 e. The molecule has 3 aliphatic rings. The lowest BCUT2D eigenvalue weighted by molar-refractivity contribution is -0.176. The number of halogens is 6. The zero-order chi connectivity index (χ0) is 32.0. The molecule has 0 spiro atoms. The number of nitrogens with one attached hydrogen (secondary N) is 3. The number of sulfone groups is 1. The van der Waals surface area contributed by atoms with Crippen molar-refractivity contribution in [3.8, 4) is 0 Å². The Balaban J connectivity index is 1.97. The summed E-state index contributed by atoms with van der Waals surface area (Å²) >= 11 is 0. The van der Waals surface area contributed by atoms with Crippen LogP contribution in [0.5, 0.6) is 0 Å². The maximum atomic E-state index is 14.5. The van der Waals surface area contributed by atoms with Crippen molar-refractivity contribution < 1.29 is 53.9 Å². The molecule has 2 heterocycles. The fraction of sp³-hybridized carbons (Fsp3) is 0.760. The first kappa shape index (κ1) is 33.6. The first-order chi connectivity index (χ1) is 19.0. The van der Waals surface area contributed by atoms with Crippen molar-refractivity contribution in [3.63, 3.8) is 0 Å². The van der Waals surface area contributed by atoms with Crippen LogP contribution in [0.2, 0.25) is 0 Å². The second-order valence-electron chi connectivity index (χ2n) is 12.3. The molecule has 0 radical (unpaired) electrons. The molecule has 3 N–H and O–H groups in total. The van der Waals surface area contributed by atoms with Gasteiger partial charge in [-0.2, -0.15) is 17.6 Å². The first-order valence-corrected chi connectivity index (χ1v) is 15.1. The molecule has 3 fully saturated rings. The topological polar surface area (TPSA) is 142 Å². The summed E-state index contributed by atoms with van der Waals surface area (Å²) in [6, 6.07) is -4.87. The average molecular weight is 633 g/mol. The van der Waals surface area contributed by atoms with Crippen molar-refractivity contribution in [1.82, 2.24) is 20.9 Å². The number of carbonyl (C=O) groups excluding carboxylic acids is 4. The minimum Gasteiger partial charge on any atom is -0.356 e. The van der Waals surface area contributed by atoms with Gasteiger partial charge in [0.25, 0.3) is 0 Å². The number of nitrogens with zero attached hydrogens (tertiary/aromatic N) is 1. The normalized spacial score (nSPS) is 27.7. The van der Waals surface area contributed by atoms with Gasteiger partial charge in [-0.25, -0.2) is 17.2 Å². The fourth-order valence-electron chi connectivity index (χ4n) is 5.78. The molecule has 42 heavy (non-hydrogen) atoms. The van der Waals surface area contributed by atoms with Crippen LogP contribution in [0, 0.1) is 23.2 Å². The molecule has 0 aromatic rings. The molecule has 0 bridgehead atoms. The second kappa shape index (κ2) is 11.7. The summed E-state index contributed by atoms with van der Waals surface area (Å²) in [5.41, 5.74) is -1.31. The number of hydrogen-bond acceptors (Lipinski definition) is 6. The molecular formula is C25H34F6N4O6S. The zero-order valence-electron chi connectivity index (χ0n) is 23.4. The van der Waals surface area contributed by atoms with Gasteiger partial charge in [-0.3, -0.25) is 19.2 Å². The number of amides is 4. The number of alkyl halides is 5. The van der Waals surface area contributed by atoms with Gasteiger partial charge in [0.05, 0.1) is 6.04 Å². The van der Waals surface area contributed by atoms with Gasteiger partial charge in [0, 0.05) is 38.1 Å². The lowest BCUT2D eigenvalue weighted by Crippen LogP contribution is -2.60. The third kappa shape index (κ3) is 7.75. The van der Waals surface area contributed by atoms with Crippen molar-refractivity contribution in [3.05, 3.63) is 11.2 Å². The van der Waals surface area contributed by atoms with Gasteiger partial charge in [-0.15, -0.1) is 0 Å². The van der Waals surface area contributed by atoms with Crippen LogP contribution in [0.3, 0.4) is 0 Å². The molecule has 2 saturated heterocycles. The Morgan fingerprint density at radius 3 is 2.26 bits per heavy atom. The number of hydrogen-bond donors (Lipinski definition) is 3. The molecule has 6 atom stereocenters. The molecule has 0 aromatic carbocycles. The molecule has 4 amide bonds. The van der Waals surface area contributed by atoms with Crippen LogP contribution >= 0.6 is 0 Å². The van der Waals surface area contributed by atoms with Gasteiger partial charge in [0.1, 0.15) is 12.1 Å². The van der Waals surface area contributed by atoms with Gasteiger partial charge >= 0.3 is 12.1 Å². The van der Waals surface area contributed by atoms with E-state index < -0.39 is 111 Å². The lowest BCUT2D eigenvalue weighted by atomic mass is 9.85. The number of rotatable bonds is 8. The first-order valence-electron chi connectivity index (χ1n) is 13.2. The Kier molecular flexibility index (Phi) is 9.36. The highest BCUT2D eigenvalue weighted by Gasteiger charge is 2.59. The maximum absolute atomic E-state index is 14.5. The predicted molar refractivity (Wildman–Crippen MR) is 136 cm³/mol.